The third-order valence-electron chi connectivity index (χ3n) is 12.1. The van der Waals surface area contributed by atoms with E-state index in [1.54, 1.807) is 0 Å². The van der Waals surface area contributed by atoms with Gasteiger partial charge < -0.3 is 35.2 Å². The Morgan fingerprint density at radius 2 is 1.05 bits per heavy atom. The first kappa shape index (κ1) is 57.9. The van der Waals surface area contributed by atoms with Crippen LogP contribution < -0.4 is 5.32 Å². The molecule has 7 unspecified atom stereocenters. The molecular weight excluding hydrogens is 799 g/mol. The lowest BCUT2D eigenvalue weighted by atomic mass is 9.99. The van der Waals surface area contributed by atoms with Crippen LogP contribution in [0.1, 0.15) is 232 Å². The molecule has 0 saturated carbocycles. The molecule has 0 aromatic rings. The highest BCUT2D eigenvalue weighted by molar-refractivity contribution is 7.80. The number of allylic oxidation sites excluding steroid dienone is 2. The molecule has 362 valence electrons. The van der Waals surface area contributed by atoms with Crippen molar-refractivity contribution in [1.29, 1.82) is 0 Å². The topological polar surface area (TPSA) is 192 Å². The van der Waals surface area contributed by atoms with Crippen LogP contribution in [-0.4, -0.2) is 95.4 Å². The van der Waals surface area contributed by atoms with E-state index in [1.165, 1.54) is 148 Å². The number of carbonyl (C=O) groups excluding carboxylic acids is 1. The molecule has 0 radical (unpaired) electrons. The highest BCUT2D eigenvalue weighted by Crippen LogP contribution is 2.26. The monoisotopic (exact) mass is 892 g/mol. The number of rotatable bonds is 43. The summed E-state index contributed by atoms with van der Waals surface area (Å²) in [6.07, 6.45) is 34.9. The van der Waals surface area contributed by atoms with Crippen molar-refractivity contribution >= 4 is 16.3 Å². The van der Waals surface area contributed by atoms with Crippen molar-refractivity contribution in [3.05, 3.63) is 12.2 Å². The van der Waals surface area contributed by atoms with Gasteiger partial charge in [-0.25, -0.2) is 4.18 Å². The summed E-state index contributed by atoms with van der Waals surface area (Å²) < 4.78 is 47.7. The van der Waals surface area contributed by atoms with E-state index >= 15 is 0 Å². The number of amides is 1. The quantitative estimate of drug-likeness (QED) is 0.0194. The summed E-state index contributed by atoms with van der Waals surface area (Å²) in [6.45, 7) is 3.46. The third kappa shape index (κ3) is 32.2. The average Bonchev–Trinajstić information content (AvgIpc) is 3.23. The second kappa shape index (κ2) is 39.2. The molecule has 61 heavy (non-hydrogen) atoms. The zero-order valence-corrected chi connectivity index (χ0v) is 39.6. The molecule has 12 nitrogen and oxygen atoms in total. The molecule has 1 heterocycles. The molecule has 0 aromatic heterocycles. The number of aliphatic hydroxyl groups is 4. The van der Waals surface area contributed by atoms with E-state index in [1.807, 2.05) is 0 Å². The summed E-state index contributed by atoms with van der Waals surface area (Å²) in [6, 6.07) is -0.857. The summed E-state index contributed by atoms with van der Waals surface area (Å²) in [7, 11) is -5.07. The van der Waals surface area contributed by atoms with Gasteiger partial charge in [0.05, 0.1) is 25.4 Å². The largest absolute Gasteiger partial charge is 0.397 e. The zero-order chi connectivity index (χ0) is 44.8. The summed E-state index contributed by atoms with van der Waals surface area (Å²) in [5.74, 6) is -0.232. The molecule has 1 aliphatic rings. The molecule has 1 rings (SSSR count). The van der Waals surface area contributed by atoms with Crippen molar-refractivity contribution in [3.8, 4) is 0 Å². The average molecular weight is 892 g/mol. The number of hydrogen-bond acceptors (Lipinski definition) is 10. The fourth-order valence-electron chi connectivity index (χ4n) is 8.16. The van der Waals surface area contributed by atoms with E-state index in [2.05, 4.69) is 35.5 Å². The lowest BCUT2D eigenvalue weighted by Crippen LogP contribution is -2.61. The van der Waals surface area contributed by atoms with Crippen LogP contribution >= 0.6 is 0 Å². The Morgan fingerprint density at radius 3 is 1.48 bits per heavy atom. The van der Waals surface area contributed by atoms with Crippen LogP contribution in [0.2, 0.25) is 0 Å². The van der Waals surface area contributed by atoms with E-state index in [4.69, 9.17) is 9.47 Å². The Labute approximate surface area is 372 Å². The highest BCUT2D eigenvalue weighted by Gasteiger charge is 2.48. The third-order valence-corrected chi connectivity index (χ3v) is 12.5. The van der Waals surface area contributed by atoms with Crippen molar-refractivity contribution < 1.29 is 51.8 Å². The van der Waals surface area contributed by atoms with E-state index < -0.39 is 59.9 Å². The first-order chi connectivity index (χ1) is 29.5. The maximum atomic E-state index is 13.1. The fraction of sp³-hybridized carbons (Fsp3) is 0.938. The second-order valence-corrected chi connectivity index (χ2v) is 18.8. The number of hydrogen-bond donors (Lipinski definition) is 6. The summed E-state index contributed by atoms with van der Waals surface area (Å²) in [5.41, 5.74) is 0. The maximum Gasteiger partial charge on any atom is 0.397 e. The van der Waals surface area contributed by atoms with E-state index in [0.29, 0.717) is 12.8 Å². The molecule has 1 aliphatic heterocycles. The van der Waals surface area contributed by atoms with Gasteiger partial charge in [-0.3, -0.25) is 9.35 Å². The van der Waals surface area contributed by atoms with Crippen LogP contribution in [0.3, 0.4) is 0 Å². The Morgan fingerprint density at radius 1 is 0.639 bits per heavy atom. The minimum Gasteiger partial charge on any atom is -0.394 e. The lowest BCUT2D eigenvalue weighted by Gasteiger charge is -2.41. The molecule has 0 aromatic carbocycles. The molecule has 1 fully saturated rings. The Hall–Kier alpha value is -1.16. The Bertz CT molecular complexity index is 1140. The Kier molecular flexibility index (Phi) is 37.2. The van der Waals surface area contributed by atoms with E-state index in [-0.39, 0.29) is 18.9 Å². The smallest absolute Gasteiger partial charge is 0.394 e. The highest BCUT2D eigenvalue weighted by atomic mass is 32.3. The molecule has 13 heteroatoms. The van der Waals surface area contributed by atoms with Crippen molar-refractivity contribution in [2.24, 2.45) is 0 Å². The van der Waals surface area contributed by atoms with Gasteiger partial charge in [0, 0.05) is 6.42 Å². The van der Waals surface area contributed by atoms with Crippen LogP contribution in [0.5, 0.6) is 0 Å². The van der Waals surface area contributed by atoms with Crippen LogP contribution in [0.25, 0.3) is 0 Å². The van der Waals surface area contributed by atoms with Crippen molar-refractivity contribution in [2.45, 2.75) is 275 Å². The first-order valence-electron chi connectivity index (χ1n) is 25.1. The predicted molar refractivity (Wildman–Crippen MR) is 246 cm³/mol. The van der Waals surface area contributed by atoms with Crippen molar-refractivity contribution in [2.75, 3.05) is 13.2 Å². The second-order valence-electron chi connectivity index (χ2n) is 17.8. The summed E-state index contributed by atoms with van der Waals surface area (Å²) in [5, 5.41) is 44.9. The molecule has 6 N–H and O–H groups in total. The maximum absolute atomic E-state index is 13.1. The van der Waals surface area contributed by atoms with E-state index in [9.17, 15) is 38.2 Å². The van der Waals surface area contributed by atoms with Crippen molar-refractivity contribution in [1.82, 2.24) is 5.32 Å². The van der Waals surface area contributed by atoms with Crippen LogP contribution in [0.15, 0.2) is 12.2 Å². The fourth-order valence-corrected chi connectivity index (χ4v) is 8.67. The molecule has 1 saturated heterocycles. The number of carbonyl (C=O) groups is 1. The molecule has 1 amide bonds. The Balaban J connectivity index is 2.43. The van der Waals surface area contributed by atoms with Crippen LogP contribution in [-0.2, 0) is 28.9 Å². The van der Waals surface area contributed by atoms with Gasteiger partial charge in [-0.15, -0.1) is 0 Å². The van der Waals surface area contributed by atoms with Gasteiger partial charge in [-0.05, 0) is 38.5 Å². The molecular formula is C48H93NO11S. The lowest BCUT2D eigenvalue weighted by molar-refractivity contribution is -0.298. The molecule has 0 spiro atoms. The molecule has 0 aliphatic carbocycles. The standard InChI is InChI=1S/C48H93NO11S/c1-3-5-7-9-11-13-15-17-19-20-21-22-23-24-26-28-30-32-34-36-38-44(52)49-41(40-58-48-46(54)47(60-61(55,56)57)45(53)43(39-50)59-48)42(51)37-35-33-31-29-27-25-18-16-14-12-10-8-6-4-2/h21-22,41-43,45-48,50-51,53-54H,3-20,23-40H2,1-2H3,(H,49,52)(H,55,56,57)/b22-21-. The van der Waals surface area contributed by atoms with Crippen LogP contribution in [0, 0.1) is 0 Å². The molecule has 7 atom stereocenters. The van der Waals surface area contributed by atoms with Gasteiger partial charge in [0.1, 0.15) is 24.4 Å². The van der Waals surface area contributed by atoms with Crippen LogP contribution in [0.4, 0.5) is 0 Å². The minimum atomic E-state index is -5.07. The van der Waals surface area contributed by atoms with Gasteiger partial charge in [0.2, 0.25) is 5.91 Å². The number of ether oxygens (including phenoxy) is 2. The number of unbranched alkanes of at least 4 members (excludes halogenated alkanes) is 29. The van der Waals surface area contributed by atoms with Gasteiger partial charge in [-0.1, -0.05) is 199 Å². The SMILES string of the molecule is CCCCCCCCCCC/C=C\CCCCCCCCCC(=O)NC(COC1OC(CO)C(O)C(OS(=O)(=O)O)C1O)C(O)CCCCCCCCCCCCCCCC. The molecule has 0 bridgehead atoms. The minimum absolute atomic E-state index is 0.232. The summed E-state index contributed by atoms with van der Waals surface area (Å²) in [4.78, 5) is 13.1. The number of nitrogens with one attached hydrogen (secondary N) is 1. The normalized spacial score (nSPS) is 20.7. The van der Waals surface area contributed by atoms with Gasteiger partial charge in [0.15, 0.2) is 6.29 Å². The first-order valence-corrected chi connectivity index (χ1v) is 26.4. The van der Waals surface area contributed by atoms with Gasteiger partial charge >= 0.3 is 10.4 Å². The number of aliphatic hydroxyl groups excluding tert-OH is 4. The van der Waals surface area contributed by atoms with Gasteiger partial charge in [0.25, 0.3) is 0 Å². The van der Waals surface area contributed by atoms with Gasteiger partial charge in [-0.2, -0.15) is 8.42 Å². The van der Waals surface area contributed by atoms with Crippen molar-refractivity contribution in [3.63, 3.8) is 0 Å². The zero-order valence-electron chi connectivity index (χ0n) is 38.7. The summed E-state index contributed by atoms with van der Waals surface area (Å²) >= 11 is 0. The predicted octanol–water partition coefficient (Wildman–Crippen LogP) is 10.3. The van der Waals surface area contributed by atoms with E-state index in [0.717, 1.165) is 51.4 Å².